The average Bonchev–Trinajstić information content (AvgIpc) is 2.68. The van der Waals surface area contributed by atoms with Gasteiger partial charge in [-0.3, -0.25) is 0 Å². The summed E-state index contributed by atoms with van der Waals surface area (Å²) in [5.74, 6) is 0.923. The fourth-order valence-electron chi connectivity index (χ4n) is 1.44. The molecular formula is C12H11BrINO. The Morgan fingerprint density at radius 2 is 2.00 bits per heavy atom. The van der Waals surface area contributed by atoms with E-state index in [-0.39, 0.29) is 6.04 Å². The van der Waals surface area contributed by atoms with E-state index >= 15 is 0 Å². The third-order valence-corrected chi connectivity index (χ3v) is 3.63. The lowest BCUT2D eigenvalue weighted by molar-refractivity contribution is 0.471. The fraction of sp³-hybridized carbons (Fsp3) is 0.167. The quantitative estimate of drug-likeness (QED) is 0.758. The molecule has 0 radical (unpaired) electrons. The van der Waals surface area contributed by atoms with E-state index in [0.29, 0.717) is 0 Å². The minimum atomic E-state index is 0.155. The van der Waals surface area contributed by atoms with Crippen molar-refractivity contribution >= 4 is 44.2 Å². The van der Waals surface area contributed by atoms with Gasteiger partial charge in [0.2, 0.25) is 0 Å². The lowest BCUT2D eigenvalue weighted by atomic mass is 10.2. The molecule has 0 fully saturated rings. The van der Waals surface area contributed by atoms with E-state index in [4.69, 9.17) is 4.42 Å². The molecule has 1 heterocycles. The minimum absolute atomic E-state index is 0.155. The second-order valence-corrected chi connectivity index (χ2v) is 5.43. The van der Waals surface area contributed by atoms with Crippen LogP contribution in [-0.2, 0) is 0 Å². The summed E-state index contributed by atoms with van der Waals surface area (Å²) in [6, 6.07) is 12.2. The highest BCUT2D eigenvalue weighted by molar-refractivity contribution is 14.1. The van der Waals surface area contributed by atoms with Gasteiger partial charge in [-0.1, -0.05) is 12.1 Å². The molecule has 0 saturated heterocycles. The third-order valence-electron chi connectivity index (χ3n) is 2.27. The lowest BCUT2D eigenvalue weighted by Crippen LogP contribution is -2.06. The first-order valence-corrected chi connectivity index (χ1v) is 6.80. The van der Waals surface area contributed by atoms with Gasteiger partial charge < -0.3 is 9.73 Å². The Balaban J connectivity index is 2.13. The van der Waals surface area contributed by atoms with Gasteiger partial charge in [-0.15, -0.1) is 0 Å². The van der Waals surface area contributed by atoms with E-state index in [2.05, 4.69) is 62.9 Å². The maximum absolute atomic E-state index is 5.51. The Morgan fingerprint density at radius 3 is 2.62 bits per heavy atom. The number of hydrogen-bond acceptors (Lipinski definition) is 2. The van der Waals surface area contributed by atoms with Crippen molar-refractivity contribution in [3.63, 3.8) is 0 Å². The van der Waals surface area contributed by atoms with Crippen molar-refractivity contribution in [2.24, 2.45) is 0 Å². The molecule has 1 atom stereocenters. The molecule has 0 aliphatic heterocycles. The molecule has 0 aliphatic rings. The van der Waals surface area contributed by atoms with Gasteiger partial charge in [-0.2, -0.15) is 0 Å². The second kappa shape index (κ2) is 5.23. The van der Waals surface area contributed by atoms with Crippen molar-refractivity contribution in [2.45, 2.75) is 13.0 Å². The van der Waals surface area contributed by atoms with Crippen LogP contribution in [-0.4, -0.2) is 0 Å². The Bertz CT molecular complexity index is 483. The number of furan rings is 1. The monoisotopic (exact) mass is 391 g/mol. The highest BCUT2D eigenvalue weighted by Crippen LogP contribution is 2.25. The molecule has 0 bridgehead atoms. The highest BCUT2D eigenvalue weighted by atomic mass is 127. The van der Waals surface area contributed by atoms with Gasteiger partial charge in [0.05, 0.1) is 6.04 Å². The molecule has 2 aromatic rings. The number of para-hydroxylation sites is 1. The second-order valence-electron chi connectivity index (χ2n) is 3.49. The molecule has 1 aromatic carbocycles. The van der Waals surface area contributed by atoms with Gasteiger partial charge in [0.15, 0.2) is 4.67 Å². The fourth-order valence-corrected chi connectivity index (χ4v) is 2.31. The van der Waals surface area contributed by atoms with E-state index in [9.17, 15) is 0 Å². The van der Waals surface area contributed by atoms with Crippen LogP contribution < -0.4 is 5.32 Å². The molecule has 1 aromatic heterocycles. The van der Waals surface area contributed by atoms with Crippen molar-refractivity contribution in [1.29, 1.82) is 0 Å². The summed E-state index contributed by atoms with van der Waals surface area (Å²) in [7, 11) is 0. The topological polar surface area (TPSA) is 25.2 Å². The number of benzene rings is 1. The number of rotatable bonds is 3. The maximum atomic E-state index is 5.51. The number of anilines is 1. The van der Waals surface area contributed by atoms with E-state index in [0.717, 1.165) is 16.1 Å². The smallest absolute Gasteiger partial charge is 0.169 e. The van der Waals surface area contributed by atoms with Crippen LogP contribution in [0.15, 0.2) is 45.5 Å². The highest BCUT2D eigenvalue weighted by Gasteiger charge is 2.10. The Morgan fingerprint density at radius 1 is 1.25 bits per heavy atom. The molecule has 4 heteroatoms. The zero-order valence-electron chi connectivity index (χ0n) is 8.71. The van der Waals surface area contributed by atoms with Crippen LogP contribution in [0.5, 0.6) is 0 Å². The van der Waals surface area contributed by atoms with Gasteiger partial charge >= 0.3 is 0 Å². The molecule has 16 heavy (non-hydrogen) atoms. The van der Waals surface area contributed by atoms with Crippen LogP contribution in [0.3, 0.4) is 0 Å². The Kier molecular flexibility index (Phi) is 3.91. The lowest BCUT2D eigenvalue weighted by Gasteiger charge is -2.14. The van der Waals surface area contributed by atoms with Crippen LogP contribution in [0.2, 0.25) is 0 Å². The minimum Gasteiger partial charge on any atom is -0.452 e. The number of halogens is 2. The largest absolute Gasteiger partial charge is 0.452 e. The Labute approximate surface area is 117 Å². The third kappa shape index (κ3) is 2.79. The zero-order chi connectivity index (χ0) is 11.5. The van der Waals surface area contributed by atoms with Crippen LogP contribution in [0, 0.1) is 3.57 Å². The normalized spacial score (nSPS) is 12.4. The summed E-state index contributed by atoms with van der Waals surface area (Å²) >= 11 is 5.62. The van der Waals surface area contributed by atoms with Crippen molar-refractivity contribution in [3.05, 3.63) is 50.4 Å². The van der Waals surface area contributed by atoms with E-state index < -0.39 is 0 Å². The first kappa shape index (κ1) is 12.0. The van der Waals surface area contributed by atoms with Crippen molar-refractivity contribution in [2.75, 3.05) is 5.32 Å². The average molecular weight is 392 g/mol. The van der Waals surface area contributed by atoms with Gasteiger partial charge in [0.25, 0.3) is 0 Å². The van der Waals surface area contributed by atoms with E-state index in [1.54, 1.807) is 0 Å². The standard InChI is InChI=1S/C12H11BrINO/c1-8(11-6-7-12(13)16-11)15-10-5-3-2-4-9(10)14/h2-8,15H,1H3. The van der Waals surface area contributed by atoms with Crippen LogP contribution in [0.4, 0.5) is 5.69 Å². The first-order chi connectivity index (χ1) is 7.66. The molecule has 0 saturated carbocycles. The first-order valence-electron chi connectivity index (χ1n) is 4.93. The van der Waals surface area contributed by atoms with Crippen LogP contribution >= 0.6 is 38.5 Å². The molecule has 0 spiro atoms. The summed E-state index contributed by atoms with van der Waals surface area (Å²) < 4.78 is 7.48. The van der Waals surface area contributed by atoms with Gasteiger partial charge in [-0.25, -0.2) is 0 Å². The van der Waals surface area contributed by atoms with Gasteiger partial charge in [0, 0.05) is 9.26 Å². The summed E-state index contributed by atoms with van der Waals surface area (Å²) in [6.45, 7) is 2.08. The van der Waals surface area contributed by atoms with E-state index in [1.807, 2.05) is 24.3 Å². The molecule has 0 amide bonds. The molecule has 1 unspecified atom stereocenters. The molecule has 84 valence electrons. The molecule has 1 N–H and O–H groups in total. The molecule has 0 aliphatic carbocycles. The van der Waals surface area contributed by atoms with Crippen molar-refractivity contribution < 1.29 is 4.42 Å². The predicted molar refractivity (Wildman–Crippen MR) is 77.6 cm³/mol. The summed E-state index contributed by atoms with van der Waals surface area (Å²) in [6.07, 6.45) is 0. The van der Waals surface area contributed by atoms with Crippen LogP contribution in [0.25, 0.3) is 0 Å². The molecule has 2 rings (SSSR count). The SMILES string of the molecule is CC(Nc1ccccc1I)c1ccc(Br)o1. The van der Waals surface area contributed by atoms with E-state index in [1.165, 1.54) is 3.57 Å². The zero-order valence-corrected chi connectivity index (χ0v) is 12.4. The van der Waals surface area contributed by atoms with Gasteiger partial charge in [-0.05, 0) is 69.7 Å². The summed E-state index contributed by atoms with van der Waals surface area (Å²) in [5.41, 5.74) is 1.13. The number of nitrogens with one attached hydrogen (secondary N) is 1. The Hall–Kier alpha value is -0.490. The molecular weight excluding hydrogens is 381 g/mol. The van der Waals surface area contributed by atoms with Crippen LogP contribution in [0.1, 0.15) is 18.7 Å². The predicted octanol–water partition coefficient (Wildman–Crippen LogP) is 4.82. The van der Waals surface area contributed by atoms with Crippen molar-refractivity contribution in [1.82, 2.24) is 0 Å². The number of hydrogen-bond donors (Lipinski definition) is 1. The van der Waals surface area contributed by atoms with Crippen molar-refractivity contribution in [3.8, 4) is 0 Å². The summed E-state index contributed by atoms with van der Waals surface area (Å²) in [5, 5.41) is 3.42. The van der Waals surface area contributed by atoms with Gasteiger partial charge in [0.1, 0.15) is 5.76 Å². The molecule has 2 nitrogen and oxygen atoms in total. The summed E-state index contributed by atoms with van der Waals surface area (Å²) in [4.78, 5) is 0. The maximum Gasteiger partial charge on any atom is 0.169 e.